The number of nitrogens with one attached hydrogen (secondary N) is 4. The van der Waals surface area contributed by atoms with Crippen LogP contribution in [0.2, 0.25) is 0 Å². The number of amides is 5. The molecule has 4 atom stereocenters. The average Bonchev–Trinajstić information content (AvgIpc) is 3.76. The van der Waals surface area contributed by atoms with Crippen molar-refractivity contribution in [2.24, 2.45) is 5.41 Å². The number of hydrogen-bond donors (Lipinski definition) is 4. The van der Waals surface area contributed by atoms with E-state index in [0.717, 1.165) is 23.5 Å². The summed E-state index contributed by atoms with van der Waals surface area (Å²) in [4.78, 5) is 82.5. The number of rotatable bonds is 13. The van der Waals surface area contributed by atoms with Crippen LogP contribution < -0.4 is 21.3 Å². The molecule has 5 amide bonds. The Labute approximate surface area is 320 Å². The molecule has 53 heavy (non-hydrogen) atoms. The Morgan fingerprint density at radius 2 is 1.62 bits per heavy atom. The minimum atomic E-state index is -1.19. The highest BCUT2D eigenvalue weighted by atomic mass is 32.2. The third-order valence-electron chi connectivity index (χ3n) is 8.78. The zero-order valence-corrected chi connectivity index (χ0v) is 33.2. The maximum Gasteiger partial charge on any atom is 0.408 e. The van der Waals surface area contributed by atoms with Crippen molar-refractivity contribution in [1.29, 1.82) is 0 Å². The van der Waals surface area contributed by atoms with Gasteiger partial charge in [-0.25, -0.2) is 4.79 Å². The van der Waals surface area contributed by atoms with E-state index in [9.17, 15) is 28.8 Å². The third kappa shape index (κ3) is 11.5. The number of Topliss-reactive ketones (excluding diaryl/α,β-unsaturated/α-hetero) is 1. The standard InChI is InChI=1S/C38H53N5O8S2/c1-8-14-25(30(45)33(47)39-22-28(44)41-29(27-17-12-18-50-27)24-15-10-9-11-16-24)40-32(46)26-21-38(52-19-13-20-53-38)23-43(26)34(48)31(36(2,3)4)42-35(49)51-37(5,6)7/h9-12,15-18,25-26,29,31H,8,13-14,19-23H2,1-7H3,(H,39,47)(H,40,46)(H,41,44)(H,42,49)/t25?,26-,29?,31-/m0/s1. The molecule has 2 unspecified atom stereocenters. The van der Waals surface area contributed by atoms with Gasteiger partial charge < -0.3 is 35.3 Å². The number of furan rings is 1. The van der Waals surface area contributed by atoms with Crippen LogP contribution in [0.1, 0.15) is 91.5 Å². The largest absolute Gasteiger partial charge is 0.467 e. The van der Waals surface area contributed by atoms with E-state index >= 15 is 0 Å². The number of hydrogen-bond acceptors (Lipinski definition) is 10. The summed E-state index contributed by atoms with van der Waals surface area (Å²) >= 11 is 3.42. The highest BCUT2D eigenvalue weighted by Crippen LogP contribution is 2.50. The monoisotopic (exact) mass is 771 g/mol. The van der Waals surface area contributed by atoms with Crippen LogP contribution in [0.3, 0.4) is 0 Å². The minimum Gasteiger partial charge on any atom is -0.467 e. The molecule has 2 fully saturated rings. The summed E-state index contributed by atoms with van der Waals surface area (Å²) in [7, 11) is 0. The zero-order chi connectivity index (χ0) is 39.0. The average molecular weight is 772 g/mol. The highest BCUT2D eigenvalue weighted by molar-refractivity contribution is 8.18. The van der Waals surface area contributed by atoms with Crippen LogP contribution in [-0.4, -0.2) is 92.8 Å². The quantitative estimate of drug-likeness (QED) is 0.211. The number of benzene rings is 1. The van der Waals surface area contributed by atoms with Crippen molar-refractivity contribution in [3.8, 4) is 0 Å². The van der Waals surface area contributed by atoms with Crippen molar-refractivity contribution in [3.63, 3.8) is 0 Å². The molecule has 1 aromatic carbocycles. The second-order valence-electron chi connectivity index (χ2n) is 15.4. The van der Waals surface area contributed by atoms with E-state index in [2.05, 4.69) is 21.3 Å². The van der Waals surface area contributed by atoms with E-state index in [1.807, 2.05) is 58.0 Å². The summed E-state index contributed by atoms with van der Waals surface area (Å²) < 4.78 is 10.6. The van der Waals surface area contributed by atoms with Crippen molar-refractivity contribution in [3.05, 3.63) is 60.1 Å². The Hall–Kier alpha value is -3.98. The predicted octanol–water partition coefficient (Wildman–Crippen LogP) is 4.56. The van der Waals surface area contributed by atoms with E-state index in [4.69, 9.17) is 9.15 Å². The van der Waals surface area contributed by atoms with E-state index in [-0.39, 0.29) is 13.0 Å². The van der Waals surface area contributed by atoms with E-state index in [1.54, 1.807) is 56.4 Å². The lowest BCUT2D eigenvalue weighted by Crippen LogP contribution is -2.59. The molecule has 2 aliphatic rings. The molecule has 15 heteroatoms. The molecule has 4 rings (SSSR count). The number of carbonyl (C=O) groups excluding carboxylic acids is 6. The molecule has 0 bridgehead atoms. The Bertz CT molecular complexity index is 1600. The van der Waals surface area contributed by atoms with Crippen LogP contribution in [-0.2, 0) is 28.7 Å². The fourth-order valence-electron chi connectivity index (χ4n) is 6.23. The van der Waals surface area contributed by atoms with Gasteiger partial charge in [-0.05, 0) is 68.2 Å². The van der Waals surface area contributed by atoms with Gasteiger partial charge in [0.15, 0.2) is 0 Å². The molecule has 13 nitrogen and oxygen atoms in total. The molecule has 4 N–H and O–H groups in total. The maximum absolute atomic E-state index is 14.4. The molecule has 1 spiro atoms. The molecule has 1 aromatic heterocycles. The first-order valence-electron chi connectivity index (χ1n) is 18.0. The van der Waals surface area contributed by atoms with Crippen molar-refractivity contribution in [2.45, 2.75) is 108 Å². The second kappa shape index (κ2) is 17.9. The molecule has 3 heterocycles. The van der Waals surface area contributed by atoms with Crippen LogP contribution >= 0.6 is 23.5 Å². The maximum atomic E-state index is 14.4. The van der Waals surface area contributed by atoms with Crippen molar-refractivity contribution in [1.82, 2.24) is 26.2 Å². The number of likely N-dealkylation sites (tertiary alicyclic amines) is 1. The fourth-order valence-corrected chi connectivity index (χ4v) is 9.58. The molecule has 2 aliphatic heterocycles. The summed E-state index contributed by atoms with van der Waals surface area (Å²) in [6.45, 7) is 12.3. The van der Waals surface area contributed by atoms with Crippen LogP contribution in [0.4, 0.5) is 4.79 Å². The van der Waals surface area contributed by atoms with Crippen LogP contribution in [0.5, 0.6) is 0 Å². The minimum absolute atomic E-state index is 0.166. The summed E-state index contributed by atoms with van der Waals surface area (Å²) in [5.74, 6) is -1.21. The van der Waals surface area contributed by atoms with Crippen LogP contribution in [0.25, 0.3) is 0 Å². The van der Waals surface area contributed by atoms with Gasteiger partial charge in [-0.1, -0.05) is 64.4 Å². The van der Waals surface area contributed by atoms with E-state index in [1.165, 1.54) is 11.2 Å². The van der Waals surface area contributed by atoms with E-state index < -0.39 is 81.3 Å². The third-order valence-corrected chi connectivity index (χ3v) is 12.1. The van der Waals surface area contributed by atoms with Crippen LogP contribution in [0, 0.1) is 5.41 Å². The Morgan fingerprint density at radius 1 is 0.943 bits per heavy atom. The zero-order valence-electron chi connectivity index (χ0n) is 31.6. The van der Waals surface area contributed by atoms with Crippen molar-refractivity contribution < 1.29 is 37.9 Å². The van der Waals surface area contributed by atoms with Gasteiger partial charge >= 0.3 is 6.09 Å². The first-order chi connectivity index (χ1) is 24.9. The number of thioether (sulfide) groups is 2. The Balaban J connectivity index is 1.47. The van der Waals surface area contributed by atoms with Gasteiger partial charge in [0.1, 0.15) is 29.5 Å². The molecule has 0 saturated carbocycles. The molecule has 290 valence electrons. The molecule has 0 aliphatic carbocycles. The van der Waals surface area contributed by atoms with Gasteiger partial charge in [-0.2, -0.15) is 0 Å². The fraction of sp³-hybridized carbons (Fsp3) is 0.579. The smallest absolute Gasteiger partial charge is 0.408 e. The summed E-state index contributed by atoms with van der Waals surface area (Å²) in [5.41, 5.74) is -0.751. The SMILES string of the molecule is CCCC(NC(=O)[C@@H]1CC2(CN1C(=O)[C@H](NC(=O)OC(C)(C)C)C(C)(C)C)SCCCS2)C(=O)C(=O)NCC(=O)NC(c1ccccc1)c1ccco1. The van der Waals surface area contributed by atoms with Gasteiger partial charge in [0, 0.05) is 13.0 Å². The lowest BCUT2D eigenvalue weighted by Gasteiger charge is -2.36. The number of ether oxygens (including phenoxy) is 1. The van der Waals surface area contributed by atoms with E-state index in [0.29, 0.717) is 18.6 Å². The first kappa shape index (κ1) is 41.8. The Morgan fingerprint density at radius 3 is 2.21 bits per heavy atom. The lowest BCUT2D eigenvalue weighted by atomic mass is 9.85. The number of nitrogens with zero attached hydrogens (tertiary/aromatic N) is 1. The number of carbonyl (C=O) groups is 6. The number of ketones is 1. The molecule has 2 aromatic rings. The Kier molecular flexibility index (Phi) is 14.1. The highest BCUT2D eigenvalue weighted by Gasteiger charge is 2.53. The van der Waals surface area contributed by atoms with Gasteiger partial charge in [-0.15, -0.1) is 23.5 Å². The second-order valence-corrected chi connectivity index (χ2v) is 18.6. The van der Waals surface area contributed by atoms with Gasteiger partial charge in [0.2, 0.25) is 23.5 Å². The van der Waals surface area contributed by atoms with Crippen LogP contribution in [0.15, 0.2) is 53.1 Å². The van der Waals surface area contributed by atoms with Gasteiger partial charge in [0.05, 0.1) is 22.9 Å². The molecule has 0 radical (unpaired) electrons. The van der Waals surface area contributed by atoms with Crippen molar-refractivity contribution >= 4 is 59.0 Å². The number of alkyl carbamates (subject to hydrolysis) is 1. The summed E-state index contributed by atoms with van der Waals surface area (Å²) in [5, 5.41) is 10.7. The predicted molar refractivity (Wildman–Crippen MR) is 205 cm³/mol. The topological polar surface area (TPSA) is 176 Å². The molecule has 2 saturated heterocycles. The van der Waals surface area contributed by atoms with Crippen molar-refractivity contribution in [2.75, 3.05) is 24.6 Å². The molecular weight excluding hydrogens is 719 g/mol. The lowest BCUT2D eigenvalue weighted by molar-refractivity contribution is -0.144. The first-order valence-corrected chi connectivity index (χ1v) is 20.0. The van der Waals surface area contributed by atoms with Gasteiger partial charge in [0.25, 0.3) is 5.91 Å². The molecular formula is C38H53N5O8S2. The summed E-state index contributed by atoms with van der Waals surface area (Å²) in [6.07, 6.45) is 2.73. The van der Waals surface area contributed by atoms with Gasteiger partial charge in [-0.3, -0.25) is 24.0 Å². The summed E-state index contributed by atoms with van der Waals surface area (Å²) in [6, 6.07) is 8.84. The normalized spacial score (nSPS) is 18.7.